The van der Waals surface area contributed by atoms with Gasteiger partial charge in [-0.05, 0) is 30.8 Å². The Morgan fingerprint density at radius 2 is 2.11 bits per heavy atom. The molecule has 1 atom stereocenters. The zero-order valence-corrected chi connectivity index (χ0v) is 10.2. The molecule has 0 aliphatic carbocycles. The molecule has 5 nitrogen and oxygen atoms in total. The van der Waals surface area contributed by atoms with Crippen molar-refractivity contribution in [2.45, 2.75) is 12.1 Å². The van der Waals surface area contributed by atoms with Crippen molar-refractivity contribution in [2.24, 2.45) is 4.99 Å². The topological polar surface area (TPSA) is 62.7 Å². The van der Waals surface area contributed by atoms with Gasteiger partial charge in [0.15, 0.2) is 0 Å². The third-order valence-electron chi connectivity index (χ3n) is 3.38. The normalized spacial score (nSPS) is 26.3. The molecule has 0 bridgehead atoms. The molecule has 1 amide bonds. The maximum Gasteiger partial charge on any atom is 0.272 e. The molecule has 1 spiro atoms. The summed E-state index contributed by atoms with van der Waals surface area (Å²) in [7, 11) is 1.62. The number of hydrogen-bond acceptors (Lipinski definition) is 4. The molecule has 2 N–H and O–H groups in total. The second kappa shape index (κ2) is 4.10. The van der Waals surface area contributed by atoms with Gasteiger partial charge >= 0.3 is 0 Å². The van der Waals surface area contributed by atoms with Crippen molar-refractivity contribution in [3.05, 3.63) is 29.8 Å². The van der Waals surface area contributed by atoms with E-state index in [-0.39, 0.29) is 5.91 Å². The highest BCUT2D eigenvalue weighted by Gasteiger charge is 2.41. The lowest BCUT2D eigenvalue weighted by molar-refractivity contribution is -0.115. The highest BCUT2D eigenvalue weighted by Crippen LogP contribution is 2.24. The van der Waals surface area contributed by atoms with Crippen LogP contribution in [0.5, 0.6) is 5.75 Å². The smallest absolute Gasteiger partial charge is 0.272 e. The van der Waals surface area contributed by atoms with Crippen molar-refractivity contribution < 1.29 is 9.53 Å². The van der Waals surface area contributed by atoms with E-state index in [0.717, 1.165) is 24.3 Å². The minimum atomic E-state index is -0.424. The molecule has 0 radical (unpaired) electrons. The highest BCUT2D eigenvalue weighted by atomic mass is 16.5. The Hall–Kier alpha value is -1.88. The van der Waals surface area contributed by atoms with Crippen LogP contribution in [0.2, 0.25) is 0 Å². The molecule has 18 heavy (non-hydrogen) atoms. The standard InChI is InChI=1S/C13H15N3O2/c1-18-10-4-2-9(3-5-10)11-12(17)16-13(15-11)6-7-14-8-13/h2-5,14H,6-8H2,1H3,(H,16,17)/t13-/m1/s1. The van der Waals surface area contributed by atoms with E-state index in [9.17, 15) is 4.79 Å². The fourth-order valence-electron chi connectivity index (χ4n) is 2.39. The Labute approximate surface area is 105 Å². The van der Waals surface area contributed by atoms with E-state index in [1.807, 2.05) is 24.3 Å². The van der Waals surface area contributed by atoms with Gasteiger partial charge in [-0.2, -0.15) is 0 Å². The van der Waals surface area contributed by atoms with Gasteiger partial charge in [-0.25, -0.2) is 4.99 Å². The Morgan fingerprint density at radius 3 is 2.72 bits per heavy atom. The third-order valence-corrected chi connectivity index (χ3v) is 3.38. The number of carbonyl (C=O) groups excluding carboxylic acids is 1. The number of rotatable bonds is 2. The molecule has 0 aromatic heterocycles. The minimum absolute atomic E-state index is 0.0936. The number of ether oxygens (including phenoxy) is 1. The van der Waals surface area contributed by atoms with Crippen LogP contribution in [0.1, 0.15) is 12.0 Å². The summed E-state index contributed by atoms with van der Waals surface area (Å²) in [6, 6.07) is 7.39. The summed E-state index contributed by atoms with van der Waals surface area (Å²) >= 11 is 0. The number of nitrogens with one attached hydrogen (secondary N) is 2. The van der Waals surface area contributed by atoms with Gasteiger partial charge in [0.2, 0.25) is 0 Å². The summed E-state index contributed by atoms with van der Waals surface area (Å²) < 4.78 is 5.10. The average Bonchev–Trinajstić information content (AvgIpc) is 2.97. The molecule has 0 saturated carbocycles. The summed E-state index contributed by atoms with van der Waals surface area (Å²) in [5, 5.41) is 6.19. The van der Waals surface area contributed by atoms with Crippen molar-refractivity contribution in [1.29, 1.82) is 0 Å². The predicted octanol–water partition coefficient (Wildman–Crippen LogP) is 0.304. The van der Waals surface area contributed by atoms with Crippen LogP contribution in [0, 0.1) is 0 Å². The number of benzene rings is 1. The number of methoxy groups -OCH3 is 1. The molecule has 3 rings (SSSR count). The minimum Gasteiger partial charge on any atom is -0.497 e. The van der Waals surface area contributed by atoms with Gasteiger partial charge in [-0.1, -0.05) is 0 Å². The maximum atomic E-state index is 12.0. The summed E-state index contributed by atoms with van der Waals surface area (Å²) in [6.07, 6.45) is 0.846. The number of nitrogens with zero attached hydrogens (tertiary/aromatic N) is 1. The van der Waals surface area contributed by atoms with Gasteiger partial charge in [0.05, 0.1) is 7.11 Å². The second-order valence-electron chi connectivity index (χ2n) is 4.60. The molecule has 0 unspecified atom stereocenters. The Kier molecular flexibility index (Phi) is 2.56. The van der Waals surface area contributed by atoms with Crippen molar-refractivity contribution in [3.63, 3.8) is 0 Å². The number of carbonyl (C=O) groups is 1. The number of amides is 1. The summed E-state index contributed by atoms with van der Waals surface area (Å²) in [5.74, 6) is 0.680. The molecule has 94 valence electrons. The van der Waals surface area contributed by atoms with Crippen LogP contribution in [0.4, 0.5) is 0 Å². The zero-order valence-electron chi connectivity index (χ0n) is 10.2. The van der Waals surface area contributed by atoms with Crippen molar-refractivity contribution in [2.75, 3.05) is 20.2 Å². The lowest BCUT2D eigenvalue weighted by atomic mass is 10.1. The SMILES string of the molecule is COc1ccc(C2=N[C@]3(CCNC3)NC2=O)cc1. The summed E-state index contributed by atoms with van der Waals surface area (Å²) in [5.41, 5.74) is 0.922. The van der Waals surface area contributed by atoms with Gasteiger partial charge in [0, 0.05) is 18.5 Å². The molecule has 1 saturated heterocycles. The number of aliphatic imine (C=N–C) groups is 1. The van der Waals surface area contributed by atoms with Crippen molar-refractivity contribution in [3.8, 4) is 5.75 Å². The molecule has 1 aromatic rings. The van der Waals surface area contributed by atoms with E-state index in [1.165, 1.54) is 0 Å². The molecule has 1 aromatic carbocycles. The largest absolute Gasteiger partial charge is 0.497 e. The monoisotopic (exact) mass is 245 g/mol. The quantitative estimate of drug-likeness (QED) is 0.788. The van der Waals surface area contributed by atoms with Crippen molar-refractivity contribution >= 4 is 11.6 Å². The highest BCUT2D eigenvalue weighted by molar-refractivity contribution is 6.46. The number of hydrogen-bond donors (Lipinski definition) is 2. The van der Waals surface area contributed by atoms with E-state index < -0.39 is 5.66 Å². The van der Waals surface area contributed by atoms with Crippen molar-refractivity contribution in [1.82, 2.24) is 10.6 Å². The first-order valence-corrected chi connectivity index (χ1v) is 6.00. The first-order chi connectivity index (χ1) is 8.72. The van der Waals surface area contributed by atoms with E-state index in [1.54, 1.807) is 7.11 Å². The van der Waals surface area contributed by atoms with Crippen LogP contribution < -0.4 is 15.4 Å². The van der Waals surface area contributed by atoms with E-state index in [0.29, 0.717) is 12.3 Å². The maximum absolute atomic E-state index is 12.0. The van der Waals surface area contributed by atoms with Gasteiger partial charge in [0.1, 0.15) is 17.1 Å². The molecular weight excluding hydrogens is 230 g/mol. The second-order valence-corrected chi connectivity index (χ2v) is 4.60. The molecule has 2 aliphatic heterocycles. The van der Waals surface area contributed by atoms with E-state index in [4.69, 9.17) is 4.74 Å². The lowest BCUT2D eigenvalue weighted by Gasteiger charge is -2.17. The first-order valence-electron chi connectivity index (χ1n) is 6.00. The Bertz CT molecular complexity index is 501. The van der Waals surface area contributed by atoms with Gasteiger partial charge in [-0.3, -0.25) is 4.79 Å². The van der Waals surface area contributed by atoms with E-state index in [2.05, 4.69) is 15.6 Å². The summed E-state index contributed by atoms with van der Waals surface area (Å²) in [6.45, 7) is 1.60. The van der Waals surface area contributed by atoms with Crippen LogP contribution in [0.15, 0.2) is 29.3 Å². The fraction of sp³-hybridized carbons (Fsp3) is 0.385. The van der Waals surface area contributed by atoms with E-state index >= 15 is 0 Å². The third kappa shape index (κ3) is 1.76. The van der Waals surface area contributed by atoms with Crippen LogP contribution in [-0.2, 0) is 4.79 Å². The summed E-state index contributed by atoms with van der Waals surface area (Å²) in [4.78, 5) is 16.6. The van der Waals surface area contributed by atoms with Crippen LogP contribution in [0.25, 0.3) is 0 Å². The van der Waals surface area contributed by atoms with Gasteiger partial charge < -0.3 is 15.4 Å². The fourth-order valence-corrected chi connectivity index (χ4v) is 2.39. The molecular formula is C13H15N3O2. The molecule has 5 heteroatoms. The lowest BCUT2D eigenvalue weighted by Crippen LogP contribution is -2.44. The van der Waals surface area contributed by atoms with Crippen LogP contribution in [0.3, 0.4) is 0 Å². The Morgan fingerprint density at radius 1 is 1.33 bits per heavy atom. The van der Waals surface area contributed by atoms with Gasteiger partial charge in [0.25, 0.3) is 5.91 Å². The average molecular weight is 245 g/mol. The molecule has 2 aliphatic rings. The molecule has 1 fully saturated rings. The van der Waals surface area contributed by atoms with Crippen LogP contribution >= 0.6 is 0 Å². The Balaban J connectivity index is 1.92. The predicted molar refractivity (Wildman–Crippen MR) is 67.9 cm³/mol. The van der Waals surface area contributed by atoms with Gasteiger partial charge in [-0.15, -0.1) is 0 Å². The zero-order chi connectivity index (χ0) is 12.6. The first kappa shape index (κ1) is 11.2. The molecule has 2 heterocycles. The van der Waals surface area contributed by atoms with Crippen LogP contribution in [-0.4, -0.2) is 37.5 Å².